The molecule has 0 atom stereocenters. The van der Waals surface area contributed by atoms with Gasteiger partial charge in [-0.05, 0) is 37.7 Å². The molecule has 1 amide bonds. The van der Waals surface area contributed by atoms with Crippen LogP contribution in [0.1, 0.15) is 31.7 Å². The van der Waals surface area contributed by atoms with Crippen LogP contribution in [0.15, 0.2) is 12.4 Å². The van der Waals surface area contributed by atoms with E-state index in [9.17, 15) is 4.79 Å². The molecule has 0 spiro atoms. The first-order valence-electron chi connectivity index (χ1n) is 6.93. The number of amides is 1. The Bertz CT molecular complexity index is 410. The molecular weight excluding hydrogens is 240 g/mol. The van der Waals surface area contributed by atoms with Crippen molar-refractivity contribution in [2.45, 2.75) is 33.1 Å². The number of aryl methyl sites for hydroxylation is 1. The highest BCUT2D eigenvalue weighted by atomic mass is 16.2. The summed E-state index contributed by atoms with van der Waals surface area (Å²) in [5.74, 6) is 1.60. The second-order valence-electron chi connectivity index (χ2n) is 5.25. The van der Waals surface area contributed by atoms with Crippen molar-refractivity contribution in [2.24, 2.45) is 5.92 Å². The number of hydrogen-bond acceptors (Lipinski definition) is 4. The van der Waals surface area contributed by atoms with Crippen molar-refractivity contribution in [2.75, 3.05) is 25.0 Å². The van der Waals surface area contributed by atoms with Gasteiger partial charge >= 0.3 is 0 Å². The van der Waals surface area contributed by atoms with Gasteiger partial charge in [0.1, 0.15) is 0 Å². The molecule has 1 aromatic rings. The molecule has 0 aliphatic carbocycles. The smallest absolute Gasteiger partial charge is 0.222 e. The zero-order chi connectivity index (χ0) is 13.7. The van der Waals surface area contributed by atoms with Crippen LogP contribution in [0.25, 0.3) is 0 Å². The van der Waals surface area contributed by atoms with E-state index in [1.54, 1.807) is 6.92 Å². The molecular formula is C14H22N4O. The number of anilines is 1. The highest BCUT2D eigenvalue weighted by Gasteiger charge is 2.20. The molecule has 2 heterocycles. The van der Waals surface area contributed by atoms with Gasteiger partial charge in [-0.1, -0.05) is 0 Å². The van der Waals surface area contributed by atoms with Gasteiger partial charge in [0, 0.05) is 39.0 Å². The van der Waals surface area contributed by atoms with Crippen LogP contribution in [-0.2, 0) is 4.79 Å². The molecule has 5 heteroatoms. The van der Waals surface area contributed by atoms with Crippen LogP contribution < -0.4 is 5.32 Å². The maximum atomic E-state index is 11.2. The minimum absolute atomic E-state index is 0.199. The van der Waals surface area contributed by atoms with Gasteiger partial charge in [0.2, 0.25) is 11.9 Å². The van der Waals surface area contributed by atoms with E-state index in [4.69, 9.17) is 0 Å². The SMILES string of the molecule is CC(=O)N1CCC(CCNc2ncc(C)cn2)CC1. The first kappa shape index (κ1) is 13.8. The predicted octanol–water partition coefficient (Wildman–Crippen LogP) is 1.85. The number of nitrogens with one attached hydrogen (secondary N) is 1. The first-order chi connectivity index (χ1) is 9.15. The fourth-order valence-electron chi connectivity index (χ4n) is 2.41. The number of rotatable bonds is 4. The lowest BCUT2D eigenvalue weighted by molar-refractivity contribution is -0.130. The molecule has 1 aliphatic rings. The Kier molecular flexibility index (Phi) is 4.71. The van der Waals surface area contributed by atoms with E-state index in [2.05, 4.69) is 15.3 Å². The van der Waals surface area contributed by atoms with Crippen LogP contribution in [0.3, 0.4) is 0 Å². The van der Waals surface area contributed by atoms with Gasteiger partial charge in [0.05, 0.1) is 0 Å². The average Bonchev–Trinajstić information content (AvgIpc) is 2.41. The second kappa shape index (κ2) is 6.50. The highest BCUT2D eigenvalue weighted by Crippen LogP contribution is 2.20. The van der Waals surface area contributed by atoms with E-state index in [-0.39, 0.29) is 5.91 Å². The van der Waals surface area contributed by atoms with Crippen molar-refractivity contribution in [3.8, 4) is 0 Å². The van der Waals surface area contributed by atoms with Gasteiger partial charge in [-0.3, -0.25) is 4.79 Å². The minimum Gasteiger partial charge on any atom is -0.354 e. The third kappa shape index (κ3) is 4.19. The molecule has 19 heavy (non-hydrogen) atoms. The first-order valence-corrected chi connectivity index (χ1v) is 6.93. The summed E-state index contributed by atoms with van der Waals surface area (Å²) in [7, 11) is 0. The van der Waals surface area contributed by atoms with Crippen molar-refractivity contribution in [1.29, 1.82) is 0 Å². The van der Waals surface area contributed by atoms with Gasteiger partial charge < -0.3 is 10.2 Å². The quantitative estimate of drug-likeness (QED) is 0.899. The van der Waals surface area contributed by atoms with Gasteiger partial charge in [-0.25, -0.2) is 9.97 Å². The van der Waals surface area contributed by atoms with Crippen LogP contribution >= 0.6 is 0 Å². The number of nitrogens with zero attached hydrogens (tertiary/aromatic N) is 3. The van der Waals surface area contributed by atoms with E-state index in [1.165, 1.54) is 0 Å². The molecule has 5 nitrogen and oxygen atoms in total. The Labute approximate surface area is 114 Å². The minimum atomic E-state index is 0.199. The van der Waals surface area contributed by atoms with Gasteiger partial charge in [0.25, 0.3) is 0 Å². The topological polar surface area (TPSA) is 58.1 Å². The largest absolute Gasteiger partial charge is 0.354 e. The predicted molar refractivity (Wildman–Crippen MR) is 74.9 cm³/mol. The van der Waals surface area contributed by atoms with Crippen LogP contribution in [0.4, 0.5) is 5.95 Å². The lowest BCUT2D eigenvalue weighted by atomic mass is 9.93. The third-order valence-corrected chi connectivity index (χ3v) is 3.68. The van der Waals surface area contributed by atoms with Gasteiger partial charge in [-0.15, -0.1) is 0 Å². The molecule has 0 saturated carbocycles. The summed E-state index contributed by atoms with van der Waals surface area (Å²) >= 11 is 0. The lowest BCUT2D eigenvalue weighted by Crippen LogP contribution is -2.37. The Hall–Kier alpha value is -1.65. The number of likely N-dealkylation sites (tertiary alicyclic amines) is 1. The summed E-state index contributed by atoms with van der Waals surface area (Å²) in [6.07, 6.45) is 6.97. The molecule has 1 N–H and O–H groups in total. The summed E-state index contributed by atoms with van der Waals surface area (Å²) in [6, 6.07) is 0. The van der Waals surface area contributed by atoms with Crippen molar-refractivity contribution in [3.05, 3.63) is 18.0 Å². The summed E-state index contributed by atoms with van der Waals surface area (Å²) in [6.45, 7) is 6.33. The Morgan fingerprint density at radius 3 is 2.58 bits per heavy atom. The molecule has 1 saturated heterocycles. The van der Waals surface area contributed by atoms with Crippen molar-refractivity contribution < 1.29 is 4.79 Å². The maximum Gasteiger partial charge on any atom is 0.222 e. The third-order valence-electron chi connectivity index (χ3n) is 3.68. The monoisotopic (exact) mass is 262 g/mol. The molecule has 104 valence electrons. The molecule has 1 aliphatic heterocycles. The summed E-state index contributed by atoms with van der Waals surface area (Å²) < 4.78 is 0. The van der Waals surface area contributed by atoms with Crippen LogP contribution in [0.5, 0.6) is 0 Å². The maximum absolute atomic E-state index is 11.2. The molecule has 0 radical (unpaired) electrons. The van der Waals surface area contributed by atoms with Crippen molar-refractivity contribution in [3.63, 3.8) is 0 Å². The van der Waals surface area contributed by atoms with Crippen molar-refractivity contribution >= 4 is 11.9 Å². The van der Waals surface area contributed by atoms with E-state index in [0.717, 1.165) is 44.5 Å². The number of piperidine rings is 1. The normalized spacial score (nSPS) is 16.4. The average molecular weight is 262 g/mol. The number of hydrogen-bond donors (Lipinski definition) is 1. The van der Waals surface area contributed by atoms with Crippen LogP contribution in [0, 0.1) is 12.8 Å². The van der Waals surface area contributed by atoms with Gasteiger partial charge in [-0.2, -0.15) is 0 Å². The highest BCUT2D eigenvalue weighted by molar-refractivity contribution is 5.73. The standard InChI is InChI=1S/C14H22N4O/c1-11-9-16-14(17-10-11)15-6-3-13-4-7-18(8-5-13)12(2)19/h9-10,13H,3-8H2,1-2H3,(H,15,16,17). The Morgan fingerprint density at radius 2 is 2.00 bits per heavy atom. The van der Waals surface area contributed by atoms with E-state index >= 15 is 0 Å². The van der Waals surface area contributed by atoms with Gasteiger partial charge in [0.15, 0.2) is 0 Å². The Balaban J connectivity index is 1.67. The van der Waals surface area contributed by atoms with E-state index in [1.807, 2.05) is 24.2 Å². The number of carbonyl (C=O) groups is 1. The molecule has 1 fully saturated rings. The molecule has 0 unspecified atom stereocenters. The summed E-state index contributed by atoms with van der Waals surface area (Å²) in [5, 5.41) is 3.25. The number of aromatic nitrogens is 2. The fourth-order valence-corrected chi connectivity index (χ4v) is 2.41. The molecule has 2 rings (SSSR count). The number of carbonyl (C=O) groups excluding carboxylic acids is 1. The molecule has 0 aromatic carbocycles. The molecule has 0 bridgehead atoms. The summed E-state index contributed by atoms with van der Waals surface area (Å²) in [4.78, 5) is 21.6. The summed E-state index contributed by atoms with van der Waals surface area (Å²) in [5.41, 5.74) is 1.07. The van der Waals surface area contributed by atoms with E-state index in [0.29, 0.717) is 11.9 Å². The zero-order valence-electron chi connectivity index (χ0n) is 11.7. The van der Waals surface area contributed by atoms with Crippen molar-refractivity contribution in [1.82, 2.24) is 14.9 Å². The van der Waals surface area contributed by atoms with Crippen LogP contribution in [0.2, 0.25) is 0 Å². The Morgan fingerprint density at radius 1 is 1.37 bits per heavy atom. The second-order valence-corrected chi connectivity index (χ2v) is 5.25. The lowest BCUT2D eigenvalue weighted by Gasteiger charge is -2.31. The molecule has 1 aromatic heterocycles. The fraction of sp³-hybridized carbons (Fsp3) is 0.643. The van der Waals surface area contributed by atoms with Crippen LogP contribution in [-0.4, -0.2) is 40.4 Å². The van der Waals surface area contributed by atoms with E-state index < -0.39 is 0 Å². The zero-order valence-corrected chi connectivity index (χ0v) is 11.7.